The van der Waals surface area contributed by atoms with Crippen molar-refractivity contribution in [3.8, 4) is 16.9 Å². The Hall–Kier alpha value is -3.28. The van der Waals surface area contributed by atoms with Crippen molar-refractivity contribution in [2.75, 3.05) is 13.2 Å². The third-order valence-electron chi connectivity index (χ3n) is 5.40. The van der Waals surface area contributed by atoms with Gasteiger partial charge in [0, 0.05) is 22.1 Å². The number of nitrogens with one attached hydrogen (secondary N) is 2. The first-order chi connectivity index (χ1) is 15.6. The van der Waals surface area contributed by atoms with Crippen LogP contribution in [-0.2, 0) is 6.42 Å². The number of fused-ring (bicyclic) bond motifs is 1. The first-order valence-electron chi connectivity index (χ1n) is 10.6. The van der Waals surface area contributed by atoms with E-state index in [2.05, 4.69) is 10.3 Å². The smallest absolute Gasteiger partial charge is 0.255 e. The van der Waals surface area contributed by atoms with Gasteiger partial charge in [0.2, 0.25) is 0 Å². The molecule has 1 aromatic heterocycles. The van der Waals surface area contributed by atoms with Gasteiger partial charge in [-0.05, 0) is 60.4 Å². The molecule has 1 atom stereocenters. The first-order valence-corrected chi connectivity index (χ1v) is 11.0. The van der Waals surface area contributed by atoms with Crippen LogP contribution in [0.15, 0.2) is 72.9 Å². The Kier molecular flexibility index (Phi) is 6.78. The van der Waals surface area contributed by atoms with Crippen LogP contribution in [0.1, 0.15) is 22.8 Å². The number of carbonyl (C=O) groups excluding carboxylic acids is 1. The number of carbonyl (C=O) groups is 1. The van der Waals surface area contributed by atoms with Gasteiger partial charge in [0.15, 0.2) is 0 Å². The molecular weight excluding hydrogens is 424 g/mol. The average molecular weight is 449 g/mol. The zero-order valence-corrected chi connectivity index (χ0v) is 18.5. The van der Waals surface area contributed by atoms with Crippen molar-refractivity contribution in [2.45, 2.75) is 19.4 Å². The quantitative estimate of drug-likeness (QED) is 0.346. The second-order valence-corrected chi connectivity index (χ2v) is 8.00. The van der Waals surface area contributed by atoms with Crippen LogP contribution in [0.3, 0.4) is 0 Å². The summed E-state index contributed by atoms with van der Waals surface area (Å²) in [7, 11) is 0. The fourth-order valence-corrected chi connectivity index (χ4v) is 3.93. The SMILES string of the molecule is CCOc1ccc(-c2ccc(Cl)cc2)cc1C(=O)NC(CO)Cc1c[nH]c2ccccc12. The molecule has 164 valence electrons. The number of aromatic amines is 1. The molecule has 6 heteroatoms. The molecule has 1 unspecified atom stereocenters. The van der Waals surface area contributed by atoms with Crippen molar-refractivity contribution >= 4 is 28.4 Å². The standard InChI is InChI=1S/C26H25ClN2O3/c1-2-32-25-12-9-18(17-7-10-20(27)11-8-17)14-23(25)26(31)29-21(16-30)13-19-15-28-24-6-4-3-5-22(19)24/h3-12,14-15,21,28,30H,2,13,16H2,1H3,(H,29,31). The molecule has 0 saturated carbocycles. The molecule has 3 aromatic carbocycles. The minimum atomic E-state index is -0.435. The third-order valence-corrected chi connectivity index (χ3v) is 5.65. The lowest BCUT2D eigenvalue weighted by atomic mass is 10.0. The molecule has 4 rings (SSSR count). The molecule has 0 aliphatic rings. The molecule has 0 aliphatic carbocycles. The molecule has 0 aliphatic heterocycles. The number of aliphatic hydroxyl groups is 1. The minimum Gasteiger partial charge on any atom is -0.493 e. The van der Waals surface area contributed by atoms with Crippen molar-refractivity contribution in [3.05, 3.63) is 89.1 Å². The molecule has 4 aromatic rings. The highest BCUT2D eigenvalue weighted by Gasteiger charge is 2.19. The molecule has 32 heavy (non-hydrogen) atoms. The Bertz CT molecular complexity index is 1220. The number of halogens is 1. The number of H-pyrrole nitrogens is 1. The van der Waals surface area contributed by atoms with Gasteiger partial charge >= 0.3 is 0 Å². The predicted molar refractivity (Wildman–Crippen MR) is 128 cm³/mol. The van der Waals surface area contributed by atoms with E-state index in [1.165, 1.54) is 0 Å². The lowest BCUT2D eigenvalue weighted by molar-refractivity contribution is 0.0913. The van der Waals surface area contributed by atoms with Crippen LogP contribution in [0.25, 0.3) is 22.0 Å². The molecule has 3 N–H and O–H groups in total. The second kappa shape index (κ2) is 9.90. The van der Waals surface area contributed by atoms with E-state index < -0.39 is 6.04 Å². The number of benzene rings is 3. The van der Waals surface area contributed by atoms with Crippen LogP contribution in [0.4, 0.5) is 0 Å². The van der Waals surface area contributed by atoms with Gasteiger partial charge in [-0.2, -0.15) is 0 Å². The summed E-state index contributed by atoms with van der Waals surface area (Å²) in [5.41, 5.74) is 4.33. The van der Waals surface area contributed by atoms with E-state index in [4.69, 9.17) is 16.3 Å². The van der Waals surface area contributed by atoms with Crippen molar-refractivity contribution in [3.63, 3.8) is 0 Å². The number of ether oxygens (including phenoxy) is 1. The van der Waals surface area contributed by atoms with Gasteiger partial charge < -0.3 is 20.1 Å². The van der Waals surface area contributed by atoms with Gasteiger partial charge in [-0.25, -0.2) is 0 Å². The zero-order valence-electron chi connectivity index (χ0n) is 17.8. The normalized spacial score (nSPS) is 12.0. The summed E-state index contributed by atoms with van der Waals surface area (Å²) in [6.45, 7) is 2.15. The number of hydrogen-bond acceptors (Lipinski definition) is 3. The summed E-state index contributed by atoms with van der Waals surface area (Å²) in [6, 6.07) is 20.5. The molecular formula is C26H25ClN2O3. The van der Waals surface area contributed by atoms with E-state index in [1.54, 1.807) is 6.07 Å². The third kappa shape index (κ3) is 4.79. The number of rotatable bonds is 8. The average Bonchev–Trinajstić information content (AvgIpc) is 3.22. The molecule has 0 fully saturated rings. The lowest BCUT2D eigenvalue weighted by Crippen LogP contribution is -2.39. The Morgan fingerprint density at radius 1 is 1.09 bits per heavy atom. The van der Waals surface area contributed by atoms with E-state index in [9.17, 15) is 9.90 Å². The number of aliphatic hydroxyl groups excluding tert-OH is 1. The second-order valence-electron chi connectivity index (χ2n) is 7.57. The van der Waals surface area contributed by atoms with Gasteiger partial charge in [0.05, 0.1) is 24.8 Å². The fraction of sp³-hybridized carbons (Fsp3) is 0.192. The zero-order chi connectivity index (χ0) is 22.5. The molecule has 0 saturated heterocycles. The van der Waals surface area contributed by atoms with E-state index in [0.29, 0.717) is 29.4 Å². The summed E-state index contributed by atoms with van der Waals surface area (Å²) in [5.74, 6) is 0.217. The molecule has 0 radical (unpaired) electrons. The van der Waals surface area contributed by atoms with E-state index in [0.717, 1.165) is 27.6 Å². The highest BCUT2D eigenvalue weighted by Crippen LogP contribution is 2.28. The first kappa shape index (κ1) is 21.9. The number of hydrogen-bond donors (Lipinski definition) is 3. The summed E-state index contributed by atoms with van der Waals surface area (Å²) < 4.78 is 5.70. The van der Waals surface area contributed by atoms with Gasteiger partial charge in [-0.1, -0.05) is 48.0 Å². The monoisotopic (exact) mass is 448 g/mol. The van der Waals surface area contributed by atoms with Crippen LogP contribution < -0.4 is 10.1 Å². The van der Waals surface area contributed by atoms with Crippen LogP contribution in [0, 0.1) is 0 Å². The minimum absolute atomic E-state index is 0.175. The van der Waals surface area contributed by atoms with Crippen molar-refractivity contribution in [2.24, 2.45) is 0 Å². The summed E-state index contributed by atoms with van der Waals surface area (Å²) >= 11 is 6.01. The number of amides is 1. The lowest BCUT2D eigenvalue weighted by Gasteiger charge is -2.18. The Morgan fingerprint density at radius 3 is 2.59 bits per heavy atom. The molecule has 0 bridgehead atoms. The summed E-state index contributed by atoms with van der Waals surface area (Å²) in [6.07, 6.45) is 2.43. The fourth-order valence-electron chi connectivity index (χ4n) is 3.80. The van der Waals surface area contributed by atoms with Gasteiger partial charge in [0.25, 0.3) is 5.91 Å². The molecule has 1 amide bonds. The van der Waals surface area contributed by atoms with Crippen LogP contribution in [0.2, 0.25) is 5.02 Å². The topological polar surface area (TPSA) is 74.3 Å². The molecule has 5 nitrogen and oxygen atoms in total. The van der Waals surface area contributed by atoms with E-state index in [-0.39, 0.29) is 12.5 Å². The highest BCUT2D eigenvalue weighted by atomic mass is 35.5. The molecule has 1 heterocycles. The van der Waals surface area contributed by atoms with E-state index in [1.807, 2.05) is 73.8 Å². The van der Waals surface area contributed by atoms with Crippen LogP contribution in [-0.4, -0.2) is 35.3 Å². The number of aromatic nitrogens is 1. The molecule has 0 spiro atoms. The maximum Gasteiger partial charge on any atom is 0.255 e. The number of para-hydroxylation sites is 1. The Labute approximate surface area is 192 Å². The Balaban J connectivity index is 1.58. The highest BCUT2D eigenvalue weighted by molar-refractivity contribution is 6.30. The maximum absolute atomic E-state index is 13.2. The van der Waals surface area contributed by atoms with Crippen LogP contribution in [0.5, 0.6) is 5.75 Å². The predicted octanol–water partition coefficient (Wildman–Crippen LogP) is 5.22. The summed E-state index contributed by atoms with van der Waals surface area (Å²) in [5, 5.41) is 14.7. The van der Waals surface area contributed by atoms with E-state index >= 15 is 0 Å². The van der Waals surface area contributed by atoms with Gasteiger partial charge in [0.1, 0.15) is 5.75 Å². The van der Waals surface area contributed by atoms with Crippen molar-refractivity contribution in [1.82, 2.24) is 10.3 Å². The van der Waals surface area contributed by atoms with Crippen molar-refractivity contribution < 1.29 is 14.6 Å². The Morgan fingerprint density at radius 2 is 1.84 bits per heavy atom. The van der Waals surface area contributed by atoms with Crippen LogP contribution >= 0.6 is 11.6 Å². The maximum atomic E-state index is 13.2. The van der Waals surface area contributed by atoms with Crippen molar-refractivity contribution in [1.29, 1.82) is 0 Å². The summed E-state index contributed by atoms with van der Waals surface area (Å²) in [4.78, 5) is 16.4. The largest absolute Gasteiger partial charge is 0.493 e. The van der Waals surface area contributed by atoms with Gasteiger partial charge in [-0.3, -0.25) is 4.79 Å². The van der Waals surface area contributed by atoms with Gasteiger partial charge in [-0.15, -0.1) is 0 Å².